The van der Waals surface area contributed by atoms with E-state index in [1.807, 2.05) is 18.2 Å². The lowest BCUT2D eigenvalue weighted by molar-refractivity contribution is 0.581. The molecule has 0 radical (unpaired) electrons. The molecule has 2 aromatic heterocycles. The van der Waals surface area contributed by atoms with E-state index in [1.165, 1.54) is 0 Å². The van der Waals surface area contributed by atoms with E-state index in [-0.39, 0.29) is 0 Å². The van der Waals surface area contributed by atoms with Gasteiger partial charge < -0.3 is 4.57 Å². The minimum Gasteiger partial charge on any atom is -0.307 e. The SMILES string of the molecule is CC1CCc2nnc(-c3cccc(Br)n3)n21. The minimum absolute atomic E-state index is 0.473. The molecule has 0 amide bonds. The summed E-state index contributed by atoms with van der Waals surface area (Å²) in [5.74, 6) is 1.95. The maximum atomic E-state index is 4.42. The third-order valence-electron chi connectivity index (χ3n) is 2.94. The normalized spacial score (nSPS) is 18.8. The zero-order valence-corrected chi connectivity index (χ0v) is 10.5. The van der Waals surface area contributed by atoms with E-state index in [4.69, 9.17) is 0 Å². The van der Waals surface area contributed by atoms with E-state index < -0.39 is 0 Å². The van der Waals surface area contributed by atoms with Crippen molar-refractivity contribution in [1.29, 1.82) is 0 Å². The van der Waals surface area contributed by atoms with Crippen LogP contribution in [-0.4, -0.2) is 19.7 Å². The van der Waals surface area contributed by atoms with Crippen molar-refractivity contribution in [2.45, 2.75) is 25.8 Å². The molecular weight excluding hydrogens is 268 g/mol. The fourth-order valence-corrected chi connectivity index (χ4v) is 2.48. The van der Waals surface area contributed by atoms with Crippen molar-refractivity contribution in [3.8, 4) is 11.5 Å². The van der Waals surface area contributed by atoms with Crippen molar-refractivity contribution in [2.75, 3.05) is 0 Å². The molecule has 1 aliphatic rings. The van der Waals surface area contributed by atoms with E-state index in [0.717, 1.165) is 34.8 Å². The number of aromatic nitrogens is 4. The highest BCUT2D eigenvalue weighted by molar-refractivity contribution is 9.10. The average Bonchev–Trinajstić information content (AvgIpc) is 2.82. The van der Waals surface area contributed by atoms with Crippen LogP contribution in [0, 0.1) is 0 Å². The summed E-state index contributed by atoms with van der Waals surface area (Å²) in [5.41, 5.74) is 0.877. The second-order valence-electron chi connectivity index (χ2n) is 4.04. The standard InChI is InChI=1S/C11H11BrN4/c1-7-5-6-10-14-15-11(16(7)10)8-3-2-4-9(12)13-8/h2-4,7H,5-6H2,1H3. The van der Waals surface area contributed by atoms with Gasteiger partial charge in [-0.05, 0) is 41.4 Å². The molecule has 0 saturated heterocycles. The molecule has 0 spiro atoms. The molecule has 1 atom stereocenters. The second-order valence-corrected chi connectivity index (χ2v) is 4.86. The van der Waals surface area contributed by atoms with Gasteiger partial charge in [-0.1, -0.05) is 6.07 Å². The summed E-state index contributed by atoms with van der Waals surface area (Å²) in [5, 5.41) is 8.44. The molecule has 3 rings (SSSR count). The van der Waals surface area contributed by atoms with Gasteiger partial charge in [-0.15, -0.1) is 10.2 Å². The topological polar surface area (TPSA) is 43.6 Å². The van der Waals surface area contributed by atoms with E-state index in [1.54, 1.807) is 0 Å². The quantitative estimate of drug-likeness (QED) is 0.754. The summed E-state index contributed by atoms with van der Waals surface area (Å²) < 4.78 is 3.02. The summed E-state index contributed by atoms with van der Waals surface area (Å²) in [6.45, 7) is 2.20. The molecular formula is C11H11BrN4. The predicted molar refractivity (Wildman–Crippen MR) is 64.0 cm³/mol. The lowest BCUT2D eigenvalue weighted by Gasteiger charge is -2.08. The number of fused-ring (bicyclic) bond motifs is 1. The molecule has 1 unspecified atom stereocenters. The fraction of sp³-hybridized carbons (Fsp3) is 0.364. The Morgan fingerprint density at radius 2 is 2.25 bits per heavy atom. The molecule has 1 aliphatic heterocycles. The zero-order valence-electron chi connectivity index (χ0n) is 8.89. The van der Waals surface area contributed by atoms with Crippen LogP contribution in [-0.2, 0) is 6.42 Å². The minimum atomic E-state index is 0.473. The zero-order chi connectivity index (χ0) is 11.1. The van der Waals surface area contributed by atoms with Crippen molar-refractivity contribution >= 4 is 15.9 Å². The monoisotopic (exact) mass is 278 g/mol. The number of nitrogens with zero attached hydrogens (tertiary/aromatic N) is 4. The Morgan fingerprint density at radius 3 is 3.06 bits per heavy atom. The molecule has 2 aromatic rings. The fourth-order valence-electron chi connectivity index (χ4n) is 2.13. The molecule has 5 heteroatoms. The van der Waals surface area contributed by atoms with Crippen LogP contribution in [0.25, 0.3) is 11.5 Å². The number of pyridine rings is 1. The van der Waals surface area contributed by atoms with Crippen molar-refractivity contribution in [1.82, 2.24) is 19.7 Å². The maximum Gasteiger partial charge on any atom is 0.182 e. The predicted octanol–water partition coefficient (Wildman–Crippen LogP) is 2.61. The van der Waals surface area contributed by atoms with E-state index in [9.17, 15) is 0 Å². The highest BCUT2D eigenvalue weighted by atomic mass is 79.9. The van der Waals surface area contributed by atoms with Crippen LogP contribution < -0.4 is 0 Å². The molecule has 16 heavy (non-hydrogen) atoms. The Balaban J connectivity index is 2.14. The Labute approximate surface area is 102 Å². The van der Waals surface area contributed by atoms with Crippen LogP contribution in [0.4, 0.5) is 0 Å². The van der Waals surface area contributed by atoms with Gasteiger partial charge >= 0.3 is 0 Å². The third kappa shape index (κ3) is 1.46. The van der Waals surface area contributed by atoms with E-state index in [2.05, 4.69) is 42.6 Å². The van der Waals surface area contributed by atoms with Crippen molar-refractivity contribution in [3.05, 3.63) is 28.6 Å². The van der Waals surface area contributed by atoms with Crippen LogP contribution in [0.15, 0.2) is 22.8 Å². The van der Waals surface area contributed by atoms with Crippen LogP contribution in [0.5, 0.6) is 0 Å². The van der Waals surface area contributed by atoms with Crippen LogP contribution in [0.1, 0.15) is 25.2 Å². The van der Waals surface area contributed by atoms with Crippen molar-refractivity contribution < 1.29 is 0 Å². The van der Waals surface area contributed by atoms with Crippen LogP contribution in [0.3, 0.4) is 0 Å². The van der Waals surface area contributed by atoms with Gasteiger partial charge in [0, 0.05) is 12.5 Å². The maximum absolute atomic E-state index is 4.42. The molecule has 4 nitrogen and oxygen atoms in total. The average molecular weight is 279 g/mol. The first kappa shape index (κ1) is 9.96. The molecule has 3 heterocycles. The number of aryl methyl sites for hydroxylation is 1. The summed E-state index contributed by atoms with van der Waals surface area (Å²) in [6, 6.07) is 6.32. The van der Waals surface area contributed by atoms with Crippen molar-refractivity contribution in [3.63, 3.8) is 0 Å². The van der Waals surface area contributed by atoms with Gasteiger partial charge in [0.25, 0.3) is 0 Å². The molecule has 0 bridgehead atoms. The molecule has 0 fully saturated rings. The van der Waals surface area contributed by atoms with Gasteiger partial charge in [-0.2, -0.15) is 0 Å². The number of hydrogen-bond donors (Lipinski definition) is 0. The van der Waals surface area contributed by atoms with Gasteiger partial charge in [0.15, 0.2) is 5.82 Å². The number of hydrogen-bond acceptors (Lipinski definition) is 3. The first-order valence-corrected chi connectivity index (χ1v) is 6.11. The largest absolute Gasteiger partial charge is 0.307 e. The van der Waals surface area contributed by atoms with Gasteiger partial charge in [-0.3, -0.25) is 0 Å². The Hall–Kier alpha value is -1.23. The first-order chi connectivity index (χ1) is 7.75. The molecule has 0 N–H and O–H groups in total. The third-order valence-corrected chi connectivity index (χ3v) is 3.38. The van der Waals surface area contributed by atoms with Gasteiger partial charge in [0.05, 0.1) is 0 Å². The summed E-state index contributed by atoms with van der Waals surface area (Å²) in [4.78, 5) is 4.42. The van der Waals surface area contributed by atoms with E-state index >= 15 is 0 Å². The molecule has 82 valence electrons. The van der Waals surface area contributed by atoms with Gasteiger partial charge in [0.1, 0.15) is 16.1 Å². The molecule has 0 aromatic carbocycles. The van der Waals surface area contributed by atoms with Crippen LogP contribution >= 0.6 is 15.9 Å². The summed E-state index contributed by atoms with van der Waals surface area (Å²) in [7, 11) is 0. The first-order valence-electron chi connectivity index (χ1n) is 5.32. The van der Waals surface area contributed by atoms with Crippen molar-refractivity contribution in [2.24, 2.45) is 0 Å². The second kappa shape index (κ2) is 3.66. The highest BCUT2D eigenvalue weighted by Gasteiger charge is 2.24. The smallest absolute Gasteiger partial charge is 0.182 e. The van der Waals surface area contributed by atoms with Gasteiger partial charge in [0.2, 0.25) is 0 Å². The van der Waals surface area contributed by atoms with E-state index in [0.29, 0.717) is 6.04 Å². The highest BCUT2D eigenvalue weighted by Crippen LogP contribution is 2.29. The van der Waals surface area contributed by atoms with Crippen LogP contribution in [0.2, 0.25) is 0 Å². The Bertz CT molecular complexity index is 535. The Kier molecular flexibility index (Phi) is 2.28. The summed E-state index contributed by atoms with van der Waals surface area (Å²) >= 11 is 3.37. The Morgan fingerprint density at radius 1 is 1.38 bits per heavy atom. The number of halogens is 1. The summed E-state index contributed by atoms with van der Waals surface area (Å²) in [6.07, 6.45) is 2.16. The molecule has 0 saturated carbocycles. The number of rotatable bonds is 1. The van der Waals surface area contributed by atoms with Gasteiger partial charge in [-0.25, -0.2) is 4.98 Å². The lowest BCUT2D eigenvalue weighted by Crippen LogP contribution is -2.02. The molecule has 0 aliphatic carbocycles. The lowest BCUT2D eigenvalue weighted by atomic mass is 10.2.